The molecular formula is C52H89NO8P+. The van der Waals surface area contributed by atoms with Gasteiger partial charge in [-0.2, -0.15) is 0 Å². The van der Waals surface area contributed by atoms with Gasteiger partial charge >= 0.3 is 19.8 Å². The third-order valence-corrected chi connectivity index (χ3v) is 10.6. The molecular weight excluding hydrogens is 798 g/mol. The van der Waals surface area contributed by atoms with Crippen LogP contribution in [0.25, 0.3) is 0 Å². The standard InChI is InChI=1S/C52H88NO8P/c1-6-8-10-12-14-16-18-19-20-21-22-23-24-25-26-27-28-29-30-31-32-33-35-37-39-41-43-45-52(55)61-50(49-60-62(56,57)59-47-46-53(3,4)5)48-58-51(54)44-42-40-38-36-34-17-15-13-11-9-7-2/h8,10,13-16,19-20,22-23,25-26,28-29,31-32,50H,6-7,9,11-12,17-18,21,24,27,30,33-49H2,1-5H3/p+1/b10-8-,15-13-,16-14-,20-19-,23-22-,26-25-,29-28-,32-31-. The predicted molar refractivity (Wildman–Crippen MR) is 261 cm³/mol. The number of hydrogen-bond acceptors (Lipinski definition) is 7. The third kappa shape index (κ3) is 46.4. The topological polar surface area (TPSA) is 108 Å². The Morgan fingerprint density at radius 2 is 0.919 bits per heavy atom. The lowest BCUT2D eigenvalue weighted by Crippen LogP contribution is -2.37. The van der Waals surface area contributed by atoms with Gasteiger partial charge in [0, 0.05) is 12.8 Å². The zero-order valence-electron chi connectivity index (χ0n) is 39.8. The first kappa shape index (κ1) is 58.9. The van der Waals surface area contributed by atoms with Crippen LogP contribution in [0.15, 0.2) is 97.2 Å². The zero-order chi connectivity index (χ0) is 45.7. The second kappa shape index (κ2) is 43.2. The number of unbranched alkanes of at least 4 members (excludes halogenated alkanes) is 12. The number of allylic oxidation sites excluding steroid dienone is 16. The number of quaternary nitrogens is 1. The highest BCUT2D eigenvalue weighted by atomic mass is 31.2. The molecule has 0 aromatic heterocycles. The van der Waals surface area contributed by atoms with Crippen molar-refractivity contribution in [3.63, 3.8) is 0 Å². The van der Waals surface area contributed by atoms with Crippen LogP contribution in [0.5, 0.6) is 0 Å². The SMILES string of the molecule is CC/C=C\C/C=C\C/C=C\C/C=C\C/C=C\C/C=C\C/C=C\CCCCCCCC(=O)OC(COC(=O)CCCCCCC/C=C\CCCC)COP(=O)(O)OCC[N+](C)(C)C. The number of phosphoric ester groups is 1. The molecule has 0 aliphatic carbocycles. The molecule has 0 spiro atoms. The molecule has 0 radical (unpaired) electrons. The van der Waals surface area contributed by atoms with Gasteiger partial charge in [-0.3, -0.25) is 18.6 Å². The molecule has 2 atom stereocenters. The highest BCUT2D eigenvalue weighted by Crippen LogP contribution is 2.43. The second-order valence-electron chi connectivity index (χ2n) is 16.8. The Labute approximate surface area is 379 Å². The Bertz CT molecular complexity index is 1370. The van der Waals surface area contributed by atoms with Crippen LogP contribution in [0.1, 0.15) is 168 Å². The summed E-state index contributed by atoms with van der Waals surface area (Å²) in [6, 6.07) is 0. The van der Waals surface area contributed by atoms with E-state index in [0.29, 0.717) is 17.4 Å². The van der Waals surface area contributed by atoms with E-state index in [2.05, 4.69) is 111 Å². The molecule has 62 heavy (non-hydrogen) atoms. The van der Waals surface area contributed by atoms with E-state index in [0.717, 1.165) is 122 Å². The van der Waals surface area contributed by atoms with E-state index in [1.165, 1.54) is 12.8 Å². The van der Waals surface area contributed by atoms with Gasteiger partial charge in [0.15, 0.2) is 6.10 Å². The second-order valence-corrected chi connectivity index (χ2v) is 18.2. The molecule has 0 rings (SSSR count). The number of hydrogen-bond donors (Lipinski definition) is 1. The van der Waals surface area contributed by atoms with Gasteiger partial charge in [-0.15, -0.1) is 0 Å². The van der Waals surface area contributed by atoms with Crippen molar-refractivity contribution in [1.29, 1.82) is 0 Å². The van der Waals surface area contributed by atoms with Crippen LogP contribution in [-0.4, -0.2) is 74.9 Å². The van der Waals surface area contributed by atoms with Gasteiger partial charge in [0.25, 0.3) is 0 Å². The van der Waals surface area contributed by atoms with E-state index in [1.54, 1.807) is 0 Å². The van der Waals surface area contributed by atoms with Gasteiger partial charge in [0.1, 0.15) is 19.8 Å². The third-order valence-electron chi connectivity index (χ3n) is 9.60. The summed E-state index contributed by atoms with van der Waals surface area (Å²) < 4.78 is 34.3. The minimum Gasteiger partial charge on any atom is -0.462 e. The normalized spacial score (nSPS) is 14.4. The lowest BCUT2D eigenvalue weighted by atomic mass is 10.1. The first-order valence-electron chi connectivity index (χ1n) is 24.0. The molecule has 0 aromatic carbocycles. The maximum atomic E-state index is 12.7. The number of carbonyl (C=O) groups is 2. The van der Waals surface area contributed by atoms with Gasteiger partial charge in [-0.05, 0) is 89.9 Å². The first-order valence-corrected chi connectivity index (χ1v) is 25.5. The summed E-state index contributed by atoms with van der Waals surface area (Å²) in [5.41, 5.74) is 0. The minimum atomic E-state index is -4.39. The highest BCUT2D eigenvalue weighted by Gasteiger charge is 2.27. The van der Waals surface area contributed by atoms with Crippen LogP contribution in [0.2, 0.25) is 0 Å². The van der Waals surface area contributed by atoms with Crippen molar-refractivity contribution in [2.45, 2.75) is 174 Å². The lowest BCUT2D eigenvalue weighted by Gasteiger charge is -2.24. The summed E-state index contributed by atoms with van der Waals surface area (Å²) in [7, 11) is 1.44. The molecule has 0 amide bonds. The summed E-state index contributed by atoms with van der Waals surface area (Å²) in [5.74, 6) is -0.842. The van der Waals surface area contributed by atoms with Crippen molar-refractivity contribution in [3.8, 4) is 0 Å². The highest BCUT2D eigenvalue weighted by molar-refractivity contribution is 7.47. The van der Waals surface area contributed by atoms with Crippen LogP contribution >= 0.6 is 7.82 Å². The number of ether oxygens (including phenoxy) is 2. The average Bonchev–Trinajstić information content (AvgIpc) is 3.23. The zero-order valence-corrected chi connectivity index (χ0v) is 40.7. The van der Waals surface area contributed by atoms with Crippen molar-refractivity contribution in [2.24, 2.45) is 0 Å². The summed E-state index contributed by atoms with van der Waals surface area (Å²) in [6.45, 7) is 4.21. The molecule has 354 valence electrons. The van der Waals surface area contributed by atoms with E-state index in [4.69, 9.17) is 18.5 Å². The van der Waals surface area contributed by atoms with E-state index < -0.39 is 26.5 Å². The molecule has 0 aromatic rings. The van der Waals surface area contributed by atoms with Gasteiger partial charge in [0.2, 0.25) is 0 Å². The molecule has 9 nitrogen and oxygen atoms in total. The maximum Gasteiger partial charge on any atom is 0.472 e. The molecule has 0 fully saturated rings. The quantitative estimate of drug-likeness (QED) is 0.0212. The smallest absolute Gasteiger partial charge is 0.462 e. The van der Waals surface area contributed by atoms with Crippen LogP contribution in [0, 0.1) is 0 Å². The van der Waals surface area contributed by atoms with Crippen LogP contribution in [0.4, 0.5) is 0 Å². The summed E-state index contributed by atoms with van der Waals surface area (Å²) in [6.07, 6.45) is 57.5. The van der Waals surface area contributed by atoms with Crippen LogP contribution in [-0.2, 0) is 32.7 Å². The van der Waals surface area contributed by atoms with E-state index in [-0.39, 0.29) is 32.0 Å². The van der Waals surface area contributed by atoms with E-state index in [1.807, 2.05) is 21.1 Å². The lowest BCUT2D eigenvalue weighted by molar-refractivity contribution is -0.870. The van der Waals surface area contributed by atoms with Gasteiger partial charge in [0.05, 0.1) is 27.7 Å². The van der Waals surface area contributed by atoms with Gasteiger partial charge in [-0.25, -0.2) is 4.57 Å². The molecule has 0 saturated carbocycles. The van der Waals surface area contributed by atoms with Crippen molar-refractivity contribution in [2.75, 3.05) is 47.5 Å². The number of nitrogens with zero attached hydrogens (tertiary/aromatic N) is 1. The largest absolute Gasteiger partial charge is 0.472 e. The van der Waals surface area contributed by atoms with Crippen molar-refractivity contribution in [3.05, 3.63) is 97.2 Å². The molecule has 0 heterocycles. The summed E-state index contributed by atoms with van der Waals surface area (Å²) in [5, 5.41) is 0. The Hall–Kier alpha value is -3.07. The Morgan fingerprint density at radius 3 is 1.39 bits per heavy atom. The Balaban J connectivity index is 4.31. The van der Waals surface area contributed by atoms with E-state index >= 15 is 0 Å². The van der Waals surface area contributed by atoms with Crippen molar-refractivity contribution in [1.82, 2.24) is 0 Å². The van der Waals surface area contributed by atoms with Gasteiger partial charge in [-0.1, -0.05) is 162 Å². The summed E-state index contributed by atoms with van der Waals surface area (Å²) in [4.78, 5) is 35.4. The fraction of sp³-hybridized carbons (Fsp3) is 0.654. The number of phosphoric acid groups is 1. The minimum absolute atomic E-state index is 0.0208. The summed E-state index contributed by atoms with van der Waals surface area (Å²) >= 11 is 0. The van der Waals surface area contributed by atoms with Crippen molar-refractivity contribution < 1.29 is 42.1 Å². The predicted octanol–water partition coefficient (Wildman–Crippen LogP) is 14.1. The number of likely N-dealkylation sites (N-methyl/N-ethyl adjacent to an activating group) is 1. The van der Waals surface area contributed by atoms with Gasteiger partial charge < -0.3 is 18.9 Å². The van der Waals surface area contributed by atoms with E-state index in [9.17, 15) is 19.0 Å². The fourth-order valence-corrected chi connectivity index (χ4v) is 6.60. The Kier molecular flexibility index (Phi) is 41.1. The molecule has 0 aliphatic rings. The molecule has 2 unspecified atom stereocenters. The number of rotatable bonds is 42. The van der Waals surface area contributed by atoms with Crippen molar-refractivity contribution >= 4 is 19.8 Å². The molecule has 0 bridgehead atoms. The monoisotopic (exact) mass is 887 g/mol. The Morgan fingerprint density at radius 1 is 0.516 bits per heavy atom. The molecule has 0 aliphatic heterocycles. The fourth-order valence-electron chi connectivity index (χ4n) is 5.86. The van der Waals surface area contributed by atoms with Crippen LogP contribution < -0.4 is 0 Å². The molecule has 0 saturated heterocycles. The first-order chi connectivity index (χ1) is 30.0. The molecule has 10 heteroatoms. The van der Waals surface area contributed by atoms with Crippen LogP contribution in [0.3, 0.4) is 0 Å². The average molecular weight is 887 g/mol. The molecule has 1 N–H and O–H groups in total. The maximum absolute atomic E-state index is 12.7. The number of carbonyl (C=O) groups excluding carboxylic acids is 2. The number of esters is 2.